The van der Waals surface area contributed by atoms with Gasteiger partial charge in [0.1, 0.15) is 12.2 Å². The van der Waals surface area contributed by atoms with E-state index in [2.05, 4.69) is 5.32 Å². The number of benzene rings is 1. The summed E-state index contributed by atoms with van der Waals surface area (Å²) in [5.41, 5.74) is 1.93. The zero-order valence-corrected chi connectivity index (χ0v) is 22.3. The number of ether oxygens (including phenoxy) is 1. The molecule has 1 amide bonds. The number of hydrogen-bond donors (Lipinski definition) is 3. The maximum absolute atomic E-state index is 13.7. The Hall–Kier alpha value is -3.27. The van der Waals surface area contributed by atoms with Crippen LogP contribution in [-0.2, 0) is 39.5 Å². The molecule has 0 unspecified atom stereocenters. The molecule has 0 spiro atoms. The lowest BCUT2D eigenvalue weighted by Gasteiger charge is -2.31. The van der Waals surface area contributed by atoms with E-state index >= 15 is 0 Å². The van der Waals surface area contributed by atoms with E-state index in [1.807, 2.05) is 6.92 Å². The molecule has 1 aliphatic carbocycles. The van der Waals surface area contributed by atoms with Gasteiger partial charge in [0.2, 0.25) is 0 Å². The standard InChI is InChI=1S/C28H28ClN3O6/c1-5-28(37)16-8-20-23-14(10-32(20)24(33)15(16)11-38-26(28)35)22-18(31-25(34)27(3,4)36)7-6-13-12(2)17(29)9-19(30-23)21(13)22/h8-9,18,36-37H,5-7,10-11H2,1-4H3,(H,31,34)/t18-,28-/m0/s1. The van der Waals surface area contributed by atoms with Crippen molar-refractivity contribution in [2.45, 2.75) is 77.4 Å². The van der Waals surface area contributed by atoms with Gasteiger partial charge in [-0.3, -0.25) is 9.59 Å². The highest BCUT2D eigenvalue weighted by atomic mass is 35.5. The summed E-state index contributed by atoms with van der Waals surface area (Å²) in [5.74, 6) is -1.28. The van der Waals surface area contributed by atoms with Gasteiger partial charge in [-0.1, -0.05) is 18.5 Å². The average Bonchev–Trinajstić information content (AvgIpc) is 3.23. The summed E-state index contributed by atoms with van der Waals surface area (Å²) in [7, 11) is 0. The summed E-state index contributed by atoms with van der Waals surface area (Å²) in [5, 5.41) is 26.0. The largest absolute Gasteiger partial charge is 0.458 e. The number of fused-ring (bicyclic) bond motifs is 5. The number of pyridine rings is 2. The maximum atomic E-state index is 13.7. The van der Waals surface area contributed by atoms with E-state index in [9.17, 15) is 24.6 Å². The number of halogens is 1. The smallest absolute Gasteiger partial charge is 0.343 e. The Morgan fingerprint density at radius 2 is 2.03 bits per heavy atom. The molecule has 0 saturated carbocycles. The first kappa shape index (κ1) is 25.0. The number of nitrogens with one attached hydrogen (secondary N) is 1. The van der Waals surface area contributed by atoms with Gasteiger partial charge in [0.05, 0.1) is 35.1 Å². The van der Waals surface area contributed by atoms with Gasteiger partial charge in [-0.05, 0) is 68.9 Å². The molecule has 3 N–H and O–H groups in total. The highest BCUT2D eigenvalue weighted by Crippen LogP contribution is 2.46. The van der Waals surface area contributed by atoms with E-state index < -0.39 is 29.1 Å². The van der Waals surface area contributed by atoms with E-state index in [4.69, 9.17) is 21.3 Å². The number of carbonyl (C=O) groups excluding carboxylic acids is 2. The third-order valence-electron chi connectivity index (χ3n) is 8.24. The van der Waals surface area contributed by atoms with Crippen molar-refractivity contribution in [1.82, 2.24) is 14.9 Å². The molecule has 6 rings (SSSR count). The van der Waals surface area contributed by atoms with E-state index in [-0.39, 0.29) is 36.3 Å². The van der Waals surface area contributed by atoms with Gasteiger partial charge in [0, 0.05) is 21.5 Å². The molecule has 2 aliphatic heterocycles. The topological polar surface area (TPSA) is 131 Å². The summed E-state index contributed by atoms with van der Waals surface area (Å²) in [6, 6.07) is 3.04. The normalized spacial score (nSPS) is 21.6. The molecular formula is C28H28ClN3O6. The number of esters is 1. The summed E-state index contributed by atoms with van der Waals surface area (Å²) in [4.78, 5) is 44.0. The predicted octanol–water partition coefficient (Wildman–Crippen LogP) is 2.92. The number of carbonyl (C=O) groups is 2. The maximum Gasteiger partial charge on any atom is 0.343 e. The Morgan fingerprint density at radius 3 is 2.71 bits per heavy atom. The fourth-order valence-electron chi connectivity index (χ4n) is 6.03. The van der Waals surface area contributed by atoms with Crippen molar-refractivity contribution in [3.63, 3.8) is 0 Å². The van der Waals surface area contributed by atoms with Crippen LogP contribution in [-0.4, -0.2) is 37.2 Å². The van der Waals surface area contributed by atoms with Crippen LogP contribution in [0.15, 0.2) is 16.9 Å². The van der Waals surface area contributed by atoms with Crippen LogP contribution in [0.4, 0.5) is 0 Å². The van der Waals surface area contributed by atoms with Gasteiger partial charge in [-0.15, -0.1) is 0 Å². The van der Waals surface area contributed by atoms with Crippen LogP contribution < -0.4 is 10.9 Å². The minimum absolute atomic E-state index is 0.0499. The molecule has 1 aromatic carbocycles. The van der Waals surface area contributed by atoms with Gasteiger partial charge in [-0.25, -0.2) is 9.78 Å². The Morgan fingerprint density at radius 1 is 1.29 bits per heavy atom. The average molecular weight is 538 g/mol. The van der Waals surface area contributed by atoms with Gasteiger partial charge >= 0.3 is 5.97 Å². The first-order valence-corrected chi connectivity index (χ1v) is 13.1. The summed E-state index contributed by atoms with van der Waals surface area (Å²) < 4.78 is 6.76. The van der Waals surface area contributed by atoms with Crippen molar-refractivity contribution >= 4 is 34.4 Å². The van der Waals surface area contributed by atoms with Crippen molar-refractivity contribution in [3.8, 4) is 11.4 Å². The molecule has 0 saturated heterocycles. The summed E-state index contributed by atoms with van der Waals surface area (Å²) >= 11 is 6.59. The molecule has 3 aliphatic rings. The van der Waals surface area contributed by atoms with Crippen molar-refractivity contribution < 1.29 is 24.5 Å². The van der Waals surface area contributed by atoms with Crippen LogP contribution in [0.5, 0.6) is 0 Å². The van der Waals surface area contributed by atoms with Crippen LogP contribution in [0.3, 0.4) is 0 Å². The minimum atomic E-state index is -1.92. The molecule has 198 valence electrons. The molecule has 3 aromatic rings. The van der Waals surface area contributed by atoms with Gasteiger partial charge < -0.3 is 24.8 Å². The molecule has 2 aromatic heterocycles. The molecule has 0 fully saturated rings. The van der Waals surface area contributed by atoms with Gasteiger partial charge in [-0.2, -0.15) is 0 Å². The zero-order valence-electron chi connectivity index (χ0n) is 21.6. The summed E-state index contributed by atoms with van der Waals surface area (Å²) in [6.07, 6.45) is 1.30. The Kier molecular flexibility index (Phi) is 5.35. The van der Waals surface area contributed by atoms with Crippen molar-refractivity contribution in [2.24, 2.45) is 0 Å². The molecule has 9 nitrogen and oxygen atoms in total. The predicted molar refractivity (Wildman–Crippen MR) is 140 cm³/mol. The van der Waals surface area contributed by atoms with E-state index in [0.29, 0.717) is 34.8 Å². The number of nitrogens with zero attached hydrogens (tertiary/aromatic N) is 2. The van der Waals surface area contributed by atoms with E-state index in [1.54, 1.807) is 23.6 Å². The number of rotatable bonds is 3. The van der Waals surface area contributed by atoms with Crippen molar-refractivity contribution in [2.75, 3.05) is 0 Å². The van der Waals surface area contributed by atoms with E-state index in [1.165, 1.54) is 13.8 Å². The fourth-order valence-corrected chi connectivity index (χ4v) is 6.25. The van der Waals surface area contributed by atoms with E-state index in [0.717, 1.165) is 27.6 Å². The molecule has 10 heteroatoms. The highest BCUT2D eigenvalue weighted by Gasteiger charge is 2.46. The lowest BCUT2D eigenvalue weighted by Crippen LogP contribution is -2.44. The number of aromatic nitrogens is 2. The highest BCUT2D eigenvalue weighted by molar-refractivity contribution is 6.32. The first-order chi connectivity index (χ1) is 17.9. The van der Waals surface area contributed by atoms with Crippen molar-refractivity contribution in [3.05, 3.63) is 60.9 Å². The second-order valence-corrected chi connectivity index (χ2v) is 11.3. The third kappa shape index (κ3) is 3.31. The number of cyclic esters (lactones) is 1. The molecule has 2 atom stereocenters. The Balaban J connectivity index is 1.64. The quantitative estimate of drug-likeness (QED) is 0.342. The Bertz CT molecular complexity index is 1650. The molecule has 4 heterocycles. The van der Waals surface area contributed by atoms with Gasteiger partial charge in [0.15, 0.2) is 5.60 Å². The van der Waals surface area contributed by atoms with Crippen LogP contribution in [0.25, 0.3) is 22.3 Å². The number of aliphatic hydroxyl groups is 2. The monoisotopic (exact) mass is 537 g/mol. The van der Waals surface area contributed by atoms with Crippen molar-refractivity contribution in [1.29, 1.82) is 0 Å². The molecule has 0 radical (unpaired) electrons. The number of amides is 1. The lowest BCUT2D eigenvalue weighted by molar-refractivity contribution is -0.172. The first-order valence-electron chi connectivity index (χ1n) is 12.7. The second-order valence-electron chi connectivity index (χ2n) is 10.9. The molecule has 38 heavy (non-hydrogen) atoms. The van der Waals surface area contributed by atoms with Crippen LogP contribution in [0.2, 0.25) is 5.02 Å². The van der Waals surface area contributed by atoms with Crippen LogP contribution in [0, 0.1) is 6.92 Å². The number of aryl methyl sites for hydroxylation is 1. The fraction of sp³-hybridized carbons (Fsp3) is 0.429. The Labute approximate surface area is 223 Å². The van der Waals surface area contributed by atoms with Crippen LogP contribution in [0.1, 0.15) is 73.0 Å². The van der Waals surface area contributed by atoms with Gasteiger partial charge in [0.25, 0.3) is 11.5 Å². The third-order valence-corrected chi connectivity index (χ3v) is 8.63. The SMILES string of the molecule is CC[C@@]1(O)C(=O)OCc2c1cc1n(c2=O)Cc2c-1nc1cc(Cl)c(C)c3c1c2[C@@H](NC(=O)C(C)(C)O)CC3. The second kappa shape index (κ2) is 8.11. The minimum Gasteiger partial charge on any atom is -0.458 e. The molecule has 0 bridgehead atoms. The van der Waals surface area contributed by atoms with Crippen LogP contribution >= 0.6 is 11.6 Å². The molecular weight excluding hydrogens is 510 g/mol. The summed E-state index contributed by atoms with van der Waals surface area (Å²) in [6.45, 7) is 6.50. The zero-order chi connectivity index (χ0) is 27.3. The number of hydrogen-bond acceptors (Lipinski definition) is 7. The lowest BCUT2D eigenvalue weighted by atomic mass is 9.81.